The van der Waals surface area contributed by atoms with Crippen LogP contribution in [0, 0.1) is 0 Å². The van der Waals surface area contributed by atoms with E-state index in [-0.39, 0.29) is 5.78 Å². The lowest BCUT2D eigenvalue weighted by molar-refractivity contribution is -0.112. The average Bonchev–Trinajstić information content (AvgIpc) is 1.96. The van der Waals surface area contributed by atoms with Gasteiger partial charge in [0.1, 0.15) is 0 Å². The van der Waals surface area contributed by atoms with Gasteiger partial charge in [0.05, 0.1) is 0 Å². The van der Waals surface area contributed by atoms with Gasteiger partial charge < -0.3 is 10.2 Å². The number of nitrogens with one attached hydrogen (secondary N) is 1. The highest BCUT2D eigenvalue weighted by Gasteiger charge is 1.92. The van der Waals surface area contributed by atoms with Crippen LogP contribution in [0.3, 0.4) is 0 Å². The van der Waals surface area contributed by atoms with E-state index < -0.39 is 0 Å². The van der Waals surface area contributed by atoms with Gasteiger partial charge in [-0.3, -0.25) is 4.79 Å². The minimum atomic E-state index is 0.0950. The molecule has 0 amide bonds. The van der Waals surface area contributed by atoms with Crippen molar-refractivity contribution in [2.75, 3.05) is 27.2 Å². The minimum absolute atomic E-state index is 0.0950. The molecule has 13 heavy (non-hydrogen) atoms. The van der Waals surface area contributed by atoms with Crippen molar-refractivity contribution in [2.45, 2.75) is 20.3 Å². The van der Waals surface area contributed by atoms with Crippen molar-refractivity contribution < 1.29 is 4.79 Å². The van der Waals surface area contributed by atoms with Crippen LogP contribution in [-0.2, 0) is 4.79 Å². The third-order valence-corrected chi connectivity index (χ3v) is 1.61. The molecule has 0 radical (unpaired) electrons. The summed E-state index contributed by atoms with van der Waals surface area (Å²) in [6.07, 6.45) is 2.71. The molecule has 0 fully saturated rings. The summed E-state index contributed by atoms with van der Waals surface area (Å²) in [4.78, 5) is 12.8. The van der Waals surface area contributed by atoms with E-state index in [0.717, 1.165) is 25.2 Å². The van der Waals surface area contributed by atoms with Crippen LogP contribution in [0.2, 0.25) is 0 Å². The van der Waals surface area contributed by atoms with Crippen molar-refractivity contribution in [2.24, 2.45) is 0 Å². The Morgan fingerprint density at radius 2 is 2.00 bits per heavy atom. The van der Waals surface area contributed by atoms with Crippen LogP contribution in [0.1, 0.15) is 20.3 Å². The van der Waals surface area contributed by atoms with E-state index in [0.29, 0.717) is 0 Å². The van der Waals surface area contributed by atoms with Crippen LogP contribution < -0.4 is 5.32 Å². The molecule has 0 spiro atoms. The van der Waals surface area contributed by atoms with Crippen molar-refractivity contribution in [1.82, 2.24) is 10.2 Å². The molecule has 0 aromatic carbocycles. The minimum Gasteiger partial charge on any atom is -0.388 e. The predicted octanol–water partition coefficient (Wildman–Crippen LogP) is 1.02. The first kappa shape index (κ1) is 12.2. The zero-order valence-electron chi connectivity index (χ0n) is 9.05. The Labute approximate surface area is 80.8 Å². The summed E-state index contributed by atoms with van der Waals surface area (Å²) in [5.74, 6) is 0.0950. The van der Waals surface area contributed by atoms with Gasteiger partial charge in [0.15, 0.2) is 5.78 Å². The molecular weight excluding hydrogens is 164 g/mol. The molecule has 1 N–H and O–H groups in total. The summed E-state index contributed by atoms with van der Waals surface area (Å²) >= 11 is 0. The van der Waals surface area contributed by atoms with Crippen LogP contribution in [-0.4, -0.2) is 37.9 Å². The first-order chi connectivity index (χ1) is 6.02. The standard InChI is InChI=1S/C10H20N2O/c1-9(8-10(2)13)11-6-5-7-12(3)4/h8,11H,5-7H2,1-4H3/b9-8-. The van der Waals surface area contributed by atoms with Gasteiger partial charge in [-0.25, -0.2) is 0 Å². The van der Waals surface area contributed by atoms with Crippen molar-refractivity contribution in [1.29, 1.82) is 0 Å². The highest BCUT2D eigenvalue weighted by Crippen LogP contribution is 1.88. The molecule has 0 saturated heterocycles. The van der Waals surface area contributed by atoms with Crippen LogP contribution in [0.25, 0.3) is 0 Å². The molecular formula is C10H20N2O. The number of rotatable bonds is 6. The molecule has 3 heteroatoms. The molecule has 0 aliphatic rings. The van der Waals surface area contributed by atoms with E-state index >= 15 is 0 Å². The summed E-state index contributed by atoms with van der Waals surface area (Å²) in [5, 5.41) is 3.18. The number of hydrogen-bond acceptors (Lipinski definition) is 3. The monoisotopic (exact) mass is 184 g/mol. The Morgan fingerprint density at radius 1 is 1.38 bits per heavy atom. The van der Waals surface area contributed by atoms with Gasteiger partial charge >= 0.3 is 0 Å². The molecule has 0 saturated carbocycles. The van der Waals surface area contributed by atoms with Gasteiger partial charge in [0.2, 0.25) is 0 Å². The van der Waals surface area contributed by atoms with Crippen molar-refractivity contribution in [3.8, 4) is 0 Å². The number of carbonyl (C=O) groups is 1. The Morgan fingerprint density at radius 3 is 2.46 bits per heavy atom. The predicted molar refractivity (Wildman–Crippen MR) is 55.6 cm³/mol. The van der Waals surface area contributed by atoms with E-state index in [2.05, 4.69) is 24.3 Å². The second kappa shape index (κ2) is 6.66. The summed E-state index contributed by atoms with van der Waals surface area (Å²) in [7, 11) is 4.11. The summed E-state index contributed by atoms with van der Waals surface area (Å²) in [5.41, 5.74) is 0.950. The molecule has 0 unspecified atom stereocenters. The summed E-state index contributed by atoms with van der Waals surface area (Å²) in [6.45, 7) is 5.47. The molecule has 0 aromatic heterocycles. The van der Waals surface area contributed by atoms with E-state index in [1.54, 1.807) is 13.0 Å². The fraction of sp³-hybridized carbons (Fsp3) is 0.700. The highest BCUT2D eigenvalue weighted by molar-refractivity contribution is 5.87. The Balaban J connectivity index is 3.48. The summed E-state index contributed by atoms with van der Waals surface area (Å²) < 4.78 is 0. The SMILES string of the molecule is CC(=O)/C=C(/C)NCCCN(C)C. The molecule has 3 nitrogen and oxygen atoms in total. The second-order valence-electron chi connectivity index (χ2n) is 3.52. The molecule has 0 aliphatic carbocycles. The van der Waals surface area contributed by atoms with E-state index in [1.807, 2.05) is 6.92 Å². The quantitative estimate of drug-likeness (QED) is 0.494. The number of nitrogens with zero attached hydrogens (tertiary/aromatic N) is 1. The molecule has 76 valence electrons. The van der Waals surface area contributed by atoms with Gasteiger partial charge in [-0.1, -0.05) is 0 Å². The Hall–Kier alpha value is -0.830. The Bertz CT molecular complexity index is 185. The molecule has 0 bridgehead atoms. The second-order valence-corrected chi connectivity index (χ2v) is 3.52. The summed E-state index contributed by atoms with van der Waals surface area (Å²) in [6, 6.07) is 0. The molecule has 0 aromatic rings. The van der Waals surface area contributed by atoms with Gasteiger partial charge in [-0.2, -0.15) is 0 Å². The van der Waals surface area contributed by atoms with Crippen molar-refractivity contribution in [3.05, 3.63) is 11.8 Å². The zero-order valence-corrected chi connectivity index (χ0v) is 9.05. The first-order valence-electron chi connectivity index (χ1n) is 4.60. The van der Waals surface area contributed by atoms with Gasteiger partial charge in [0, 0.05) is 12.2 Å². The lowest BCUT2D eigenvalue weighted by atomic mass is 10.3. The molecule has 0 atom stereocenters. The fourth-order valence-electron chi connectivity index (χ4n) is 1.04. The zero-order chi connectivity index (χ0) is 10.3. The maximum Gasteiger partial charge on any atom is 0.154 e. The number of hydrogen-bond donors (Lipinski definition) is 1. The van der Waals surface area contributed by atoms with Crippen molar-refractivity contribution in [3.63, 3.8) is 0 Å². The van der Waals surface area contributed by atoms with Crippen LogP contribution in [0.15, 0.2) is 11.8 Å². The van der Waals surface area contributed by atoms with E-state index in [9.17, 15) is 4.79 Å². The largest absolute Gasteiger partial charge is 0.388 e. The lowest BCUT2D eigenvalue weighted by Crippen LogP contribution is -2.20. The molecule has 0 aliphatic heterocycles. The van der Waals surface area contributed by atoms with Gasteiger partial charge in [-0.15, -0.1) is 0 Å². The van der Waals surface area contributed by atoms with Crippen LogP contribution in [0.4, 0.5) is 0 Å². The molecule has 0 rings (SSSR count). The fourth-order valence-corrected chi connectivity index (χ4v) is 1.04. The van der Waals surface area contributed by atoms with E-state index in [1.165, 1.54) is 0 Å². The molecule has 0 heterocycles. The normalized spacial score (nSPS) is 11.9. The van der Waals surface area contributed by atoms with E-state index in [4.69, 9.17) is 0 Å². The van der Waals surface area contributed by atoms with Gasteiger partial charge in [-0.05, 0) is 47.0 Å². The third-order valence-electron chi connectivity index (χ3n) is 1.61. The average molecular weight is 184 g/mol. The number of ketones is 1. The Kier molecular flexibility index (Phi) is 6.24. The number of carbonyl (C=O) groups excluding carboxylic acids is 1. The number of allylic oxidation sites excluding steroid dienone is 2. The topological polar surface area (TPSA) is 32.3 Å². The third kappa shape index (κ3) is 9.08. The van der Waals surface area contributed by atoms with Gasteiger partial charge in [0.25, 0.3) is 0 Å². The lowest BCUT2D eigenvalue weighted by Gasteiger charge is -2.10. The van der Waals surface area contributed by atoms with Crippen LogP contribution >= 0.6 is 0 Å². The van der Waals surface area contributed by atoms with Crippen molar-refractivity contribution >= 4 is 5.78 Å². The van der Waals surface area contributed by atoms with Crippen LogP contribution in [0.5, 0.6) is 0 Å². The maximum atomic E-state index is 10.7. The maximum absolute atomic E-state index is 10.7. The first-order valence-corrected chi connectivity index (χ1v) is 4.60. The highest BCUT2D eigenvalue weighted by atomic mass is 16.1. The smallest absolute Gasteiger partial charge is 0.154 e.